The van der Waals surface area contributed by atoms with Crippen molar-refractivity contribution in [3.63, 3.8) is 0 Å². The fourth-order valence-electron chi connectivity index (χ4n) is 1.78. The van der Waals surface area contributed by atoms with E-state index in [1.165, 1.54) is 0 Å². The van der Waals surface area contributed by atoms with Crippen LogP contribution in [-0.2, 0) is 11.3 Å². The zero-order chi connectivity index (χ0) is 12.5. The third-order valence-corrected chi connectivity index (χ3v) is 2.81. The highest BCUT2D eigenvalue weighted by molar-refractivity contribution is 5.75. The molecule has 17 heavy (non-hydrogen) atoms. The summed E-state index contributed by atoms with van der Waals surface area (Å²) in [5, 5.41) is 0. The van der Waals surface area contributed by atoms with Gasteiger partial charge in [0.25, 0.3) is 0 Å². The van der Waals surface area contributed by atoms with Gasteiger partial charge in [0, 0.05) is 19.2 Å². The Hall–Kier alpha value is -1.22. The molecule has 0 amide bonds. The van der Waals surface area contributed by atoms with E-state index in [-0.39, 0.29) is 5.78 Å². The van der Waals surface area contributed by atoms with Crippen LogP contribution in [0.25, 0.3) is 0 Å². The van der Waals surface area contributed by atoms with Crippen molar-refractivity contribution in [2.24, 2.45) is 0 Å². The van der Waals surface area contributed by atoms with Gasteiger partial charge in [-0.05, 0) is 45.0 Å². The summed E-state index contributed by atoms with van der Waals surface area (Å²) >= 11 is 0. The first-order valence-electron chi connectivity index (χ1n) is 6.34. The van der Waals surface area contributed by atoms with Gasteiger partial charge in [-0.25, -0.2) is 0 Å². The van der Waals surface area contributed by atoms with Crippen molar-refractivity contribution >= 4 is 5.78 Å². The summed E-state index contributed by atoms with van der Waals surface area (Å²) in [5.74, 6) is 0.290. The van der Waals surface area contributed by atoms with Crippen molar-refractivity contribution in [1.82, 2.24) is 9.88 Å². The van der Waals surface area contributed by atoms with Gasteiger partial charge in [-0.3, -0.25) is 9.88 Å². The number of hydrogen-bond donors (Lipinski definition) is 0. The van der Waals surface area contributed by atoms with Crippen molar-refractivity contribution in [3.05, 3.63) is 30.1 Å². The summed E-state index contributed by atoms with van der Waals surface area (Å²) < 4.78 is 0. The van der Waals surface area contributed by atoms with Gasteiger partial charge in [-0.2, -0.15) is 0 Å². The van der Waals surface area contributed by atoms with E-state index in [4.69, 9.17) is 0 Å². The highest BCUT2D eigenvalue weighted by Crippen LogP contribution is 2.04. The van der Waals surface area contributed by atoms with Crippen LogP contribution in [0.4, 0.5) is 0 Å². The molecular formula is C14H22N2O. The molecule has 0 saturated heterocycles. The molecule has 0 bridgehead atoms. The van der Waals surface area contributed by atoms with Crippen molar-refractivity contribution in [2.45, 2.75) is 39.7 Å². The van der Waals surface area contributed by atoms with E-state index in [2.05, 4.69) is 22.9 Å². The maximum atomic E-state index is 10.8. The number of aromatic nitrogens is 1. The maximum absolute atomic E-state index is 10.8. The molecule has 1 heterocycles. The Morgan fingerprint density at radius 1 is 1.35 bits per heavy atom. The second-order valence-electron chi connectivity index (χ2n) is 4.35. The minimum absolute atomic E-state index is 0.290. The van der Waals surface area contributed by atoms with E-state index in [1.54, 1.807) is 6.92 Å². The molecule has 0 unspecified atom stereocenters. The smallest absolute Gasteiger partial charge is 0.129 e. The lowest BCUT2D eigenvalue weighted by atomic mass is 10.2. The predicted octanol–water partition coefficient (Wildman–Crippen LogP) is 2.66. The molecule has 1 aromatic heterocycles. The molecule has 0 fully saturated rings. The fraction of sp³-hybridized carbons (Fsp3) is 0.571. The Morgan fingerprint density at radius 2 is 2.18 bits per heavy atom. The zero-order valence-corrected chi connectivity index (χ0v) is 10.9. The zero-order valence-electron chi connectivity index (χ0n) is 10.9. The third kappa shape index (κ3) is 6.17. The van der Waals surface area contributed by atoms with Crippen LogP contribution in [0, 0.1) is 0 Å². The highest BCUT2D eigenvalue weighted by Gasteiger charge is 2.04. The normalized spacial score (nSPS) is 10.8. The minimum Gasteiger partial charge on any atom is -0.300 e. The number of carbonyl (C=O) groups excluding carboxylic acids is 1. The average molecular weight is 234 g/mol. The summed E-state index contributed by atoms with van der Waals surface area (Å²) in [6.07, 6.45) is 4.62. The topological polar surface area (TPSA) is 33.2 Å². The fourth-order valence-corrected chi connectivity index (χ4v) is 1.78. The van der Waals surface area contributed by atoms with Crippen LogP contribution in [-0.4, -0.2) is 28.8 Å². The lowest BCUT2D eigenvalue weighted by molar-refractivity contribution is -0.117. The van der Waals surface area contributed by atoms with Crippen molar-refractivity contribution < 1.29 is 4.79 Å². The SMILES string of the molecule is CCN(CCCCC(C)=O)Cc1ccccn1. The molecule has 0 aromatic carbocycles. The third-order valence-electron chi connectivity index (χ3n) is 2.81. The van der Waals surface area contributed by atoms with Crippen LogP contribution in [0.1, 0.15) is 38.8 Å². The molecule has 0 saturated carbocycles. The van der Waals surface area contributed by atoms with Crippen LogP contribution < -0.4 is 0 Å². The molecule has 0 atom stereocenters. The minimum atomic E-state index is 0.290. The number of pyridine rings is 1. The molecular weight excluding hydrogens is 212 g/mol. The van der Waals surface area contributed by atoms with Crippen molar-refractivity contribution in [1.29, 1.82) is 0 Å². The van der Waals surface area contributed by atoms with Gasteiger partial charge < -0.3 is 4.79 Å². The first kappa shape index (κ1) is 13.8. The van der Waals surface area contributed by atoms with Crippen molar-refractivity contribution in [2.75, 3.05) is 13.1 Å². The van der Waals surface area contributed by atoms with Crippen LogP contribution in [0.2, 0.25) is 0 Å². The molecule has 0 aliphatic rings. The number of Topliss-reactive ketones (excluding diaryl/α,β-unsaturated/α-hetero) is 1. The van der Waals surface area contributed by atoms with E-state index in [1.807, 2.05) is 18.3 Å². The molecule has 0 spiro atoms. The second-order valence-corrected chi connectivity index (χ2v) is 4.35. The van der Waals surface area contributed by atoms with Gasteiger partial charge in [0.05, 0.1) is 5.69 Å². The van der Waals surface area contributed by atoms with Gasteiger partial charge in [0.15, 0.2) is 0 Å². The maximum Gasteiger partial charge on any atom is 0.129 e. The quantitative estimate of drug-likeness (QED) is 0.648. The summed E-state index contributed by atoms with van der Waals surface area (Å²) in [6, 6.07) is 6.01. The number of ketones is 1. The molecule has 94 valence electrons. The van der Waals surface area contributed by atoms with E-state index >= 15 is 0 Å². The van der Waals surface area contributed by atoms with Gasteiger partial charge in [-0.1, -0.05) is 13.0 Å². The van der Waals surface area contributed by atoms with E-state index < -0.39 is 0 Å². The number of unbranched alkanes of at least 4 members (excludes halogenated alkanes) is 1. The van der Waals surface area contributed by atoms with Gasteiger partial charge >= 0.3 is 0 Å². The first-order valence-corrected chi connectivity index (χ1v) is 6.34. The molecule has 0 aliphatic carbocycles. The lowest BCUT2D eigenvalue weighted by Crippen LogP contribution is -2.24. The Kier molecular flexibility index (Phi) is 6.48. The van der Waals surface area contributed by atoms with Gasteiger partial charge in [0.2, 0.25) is 0 Å². The van der Waals surface area contributed by atoms with Crippen LogP contribution in [0.3, 0.4) is 0 Å². The van der Waals surface area contributed by atoms with Crippen molar-refractivity contribution in [3.8, 4) is 0 Å². The van der Waals surface area contributed by atoms with Gasteiger partial charge in [-0.15, -0.1) is 0 Å². The summed E-state index contributed by atoms with van der Waals surface area (Å²) in [7, 11) is 0. The Morgan fingerprint density at radius 3 is 2.76 bits per heavy atom. The number of nitrogens with zero attached hydrogens (tertiary/aromatic N) is 2. The number of hydrogen-bond acceptors (Lipinski definition) is 3. The first-order chi connectivity index (χ1) is 8.22. The average Bonchev–Trinajstić information content (AvgIpc) is 2.34. The lowest BCUT2D eigenvalue weighted by Gasteiger charge is -2.19. The van der Waals surface area contributed by atoms with Crippen LogP contribution >= 0.6 is 0 Å². The molecule has 0 aliphatic heterocycles. The van der Waals surface area contributed by atoms with E-state index in [9.17, 15) is 4.79 Å². The Labute approximate surface area is 104 Å². The van der Waals surface area contributed by atoms with Crippen LogP contribution in [0.15, 0.2) is 24.4 Å². The summed E-state index contributed by atoms with van der Waals surface area (Å²) in [4.78, 5) is 17.5. The Bertz CT molecular complexity index is 324. The largest absolute Gasteiger partial charge is 0.300 e. The summed E-state index contributed by atoms with van der Waals surface area (Å²) in [5.41, 5.74) is 1.11. The molecule has 1 rings (SSSR count). The van der Waals surface area contributed by atoms with Gasteiger partial charge in [0.1, 0.15) is 5.78 Å². The molecule has 1 aromatic rings. The Balaban J connectivity index is 2.27. The molecule has 3 nitrogen and oxygen atoms in total. The number of rotatable bonds is 8. The van der Waals surface area contributed by atoms with Crippen LogP contribution in [0.5, 0.6) is 0 Å². The summed E-state index contributed by atoms with van der Waals surface area (Å²) in [6.45, 7) is 6.79. The molecule has 0 radical (unpaired) electrons. The molecule has 0 N–H and O–H groups in total. The standard InChI is InChI=1S/C14H22N2O/c1-3-16(11-7-5-8-13(2)17)12-14-9-4-6-10-15-14/h4,6,9-10H,3,5,7-8,11-12H2,1-2H3. The number of carbonyl (C=O) groups is 1. The van der Waals surface area contributed by atoms with E-state index in [0.29, 0.717) is 6.42 Å². The predicted molar refractivity (Wildman–Crippen MR) is 69.7 cm³/mol. The second kappa shape index (κ2) is 7.96. The monoisotopic (exact) mass is 234 g/mol. The van der Waals surface area contributed by atoms with E-state index in [0.717, 1.165) is 38.2 Å². The molecule has 3 heteroatoms. The highest BCUT2D eigenvalue weighted by atomic mass is 16.1.